The number of hydrogen-bond acceptors (Lipinski definition) is 3. The van der Waals surface area contributed by atoms with Gasteiger partial charge in [0.2, 0.25) is 0 Å². The van der Waals surface area contributed by atoms with Crippen LogP contribution in [0.15, 0.2) is 24.4 Å². The van der Waals surface area contributed by atoms with E-state index >= 15 is 0 Å². The van der Waals surface area contributed by atoms with Crippen LogP contribution in [0.5, 0.6) is 0 Å². The van der Waals surface area contributed by atoms with Gasteiger partial charge in [0.1, 0.15) is 6.34 Å². The van der Waals surface area contributed by atoms with Crippen LogP contribution in [0.2, 0.25) is 0 Å². The summed E-state index contributed by atoms with van der Waals surface area (Å²) in [7, 11) is 0. The molecule has 0 radical (unpaired) electrons. The van der Waals surface area contributed by atoms with E-state index in [0.29, 0.717) is 10.9 Å². The van der Waals surface area contributed by atoms with Crippen molar-refractivity contribution in [1.82, 2.24) is 4.98 Å². The van der Waals surface area contributed by atoms with Gasteiger partial charge >= 0.3 is 0 Å². The van der Waals surface area contributed by atoms with Crippen LogP contribution in [-0.2, 0) is 0 Å². The molecular weight excluding hydrogens is 130 g/mol. The molecule has 0 spiro atoms. The van der Waals surface area contributed by atoms with Gasteiger partial charge in [0.15, 0.2) is 5.82 Å². The zero-order valence-electron chi connectivity index (χ0n) is 5.23. The third-order valence-corrected chi connectivity index (χ3v) is 1.01. The molecule has 0 bridgehead atoms. The Hall–Kier alpha value is -1.42. The zero-order chi connectivity index (χ0) is 7.40. The van der Waals surface area contributed by atoms with E-state index in [1.54, 1.807) is 24.4 Å². The molecule has 4 heteroatoms. The van der Waals surface area contributed by atoms with E-state index in [0.717, 1.165) is 6.34 Å². The van der Waals surface area contributed by atoms with Gasteiger partial charge < -0.3 is 0 Å². The van der Waals surface area contributed by atoms with Gasteiger partial charge in [0.25, 0.3) is 0 Å². The van der Waals surface area contributed by atoms with Crippen molar-refractivity contribution < 1.29 is 5.21 Å². The molecule has 1 rings (SSSR count). The summed E-state index contributed by atoms with van der Waals surface area (Å²) in [6.45, 7) is 0. The van der Waals surface area contributed by atoms with Crippen LogP contribution in [0.25, 0.3) is 0 Å². The van der Waals surface area contributed by atoms with Crippen LogP contribution in [0, 0.1) is 5.41 Å². The molecule has 0 aromatic carbocycles. The molecule has 0 atom stereocenters. The summed E-state index contributed by atoms with van der Waals surface area (Å²) >= 11 is 0. The Balaban J connectivity index is 2.84. The van der Waals surface area contributed by atoms with Gasteiger partial charge in [0.05, 0.1) is 0 Å². The molecule has 0 amide bonds. The number of aromatic nitrogens is 1. The van der Waals surface area contributed by atoms with Crippen LogP contribution < -0.4 is 5.06 Å². The van der Waals surface area contributed by atoms with Crippen molar-refractivity contribution in [3.8, 4) is 0 Å². The second-order valence-electron chi connectivity index (χ2n) is 1.66. The topological polar surface area (TPSA) is 60.2 Å². The van der Waals surface area contributed by atoms with Gasteiger partial charge in [-0.2, -0.15) is 5.06 Å². The van der Waals surface area contributed by atoms with Crippen molar-refractivity contribution >= 4 is 12.2 Å². The van der Waals surface area contributed by atoms with Gasteiger partial charge in [-0.1, -0.05) is 6.07 Å². The van der Waals surface area contributed by atoms with Gasteiger partial charge in [-0.3, -0.25) is 10.6 Å². The van der Waals surface area contributed by atoms with E-state index in [9.17, 15) is 0 Å². The predicted octanol–water partition coefficient (Wildman–Crippen LogP) is 0.884. The summed E-state index contributed by atoms with van der Waals surface area (Å²) in [5.74, 6) is 0.345. The lowest BCUT2D eigenvalue weighted by molar-refractivity contribution is 0.313. The normalized spacial score (nSPS) is 8.90. The number of anilines is 1. The second-order valence-corrected chi connectivity index (χ2v) is 1.66. The van der Waals surface area contributed by atoms with Crippen molar-refractivity contribution in [2.75, 3.05) is 5.06 Å². The lowest BCUT2D eigenvalue weighted by Crippen LogP contribution is -2.15. The summed E-state index contributed by atoms with van der Waals surface area (Å²) < 4.78 is 0. The summed E-state index contributed by atoms with van der Waals surface area (Å²) in [6.07, 6.45) is 2.32. The number of pyridine rings is 1. The van der Waals surface area contributed by atoms with Crippen LogP contribution in [-0.4, -0.2) is 16.5 Å². The Morgan fingerprint density at radius 2 is 2.40 bits per heavy atom. The van der Waals surface area contributed by atoms with E-state index in [1.807, 2.05) is 0 Å². The summed E-state index contributed by atoms with van der Waals surface area (Å²) in [4.78, 5) is 3.77. The SMILES string of the molecule is N=CN(O)c1ccccn1. The third-order valence-electron chi connectivity index (χ3n) is 1.01. The Kier molecular flexibility index (Phi) is 1.96. The minimum Gasteiger partial charge on any atom is -0.289 e. The Labute approximate surface area is 58.2 Å². The van der Waals surface area contributed by atoms with Crippen LogP contribution in [0.3, 0.4) is 0 Å². The highest BCUT2D eigenvalue weighted by Gasteiger charge is 1.95. The monoisotopic (exact) mass is 137 g/mol. The third kappa shape index (κ3) is 1.29. The first-order valence-electron chi connectivity index (χ1n) is 2.74. The highest BCUT2D eigenvalue weighted by atomic mass is 16.5. The van der Waals surface area contributed by atoms with Crippen LogP contribution in [0.1, 0.15) is 0 Å². The molecule has 1 aromatic heterocycles. The fraction of sp³-hybridized carbons (Fsp3) is 0. The Morgan fingerprint density at radius 3 is 2.90 bits per heavy atom. The lowest BCUT2D eigenvalue weighted by atomic mass is 10.5. The maximum absolute atomic E-state index is 8.86. The minimum atomic E-state index is 0.345. The van der Waals surface area contributed by atoms with E-state index < -0.39 is 0 Å². The standard InChI is InChI=1S/C6H7N3O/c7-5-9(10)6-3-1-2-4-8-6/h1-5,7,10H. The van der Waals surface area contributed by atoms with Crippen molar-refractivity contribution in [3.63, 3.8) is 0 Å². The average molecular weight is 137 g/mol. The van der Waals surface area contributed by atoms with E-state index in [1.165, 1.54) is 0 Å². The molecule has 1 heterocycles. The highest BCUT2D eigenvalue weighted by Crippen LogP contribution is 2.02. The van der Waals surface area contributed by atoms with E-state index in [2.05, 4.69) is 4.98 Å². The molecule has 4 nitrogen and oxygen atoms in total. The summed E-state index contributed by atoms with van der Waals surface area (Å²) in [6, 6.07) is 5.07. The molecule has 0 aliphatic rings. The molecule has 1 aromatic rings. The number of rotatable bonds is 2. The molecule has 0 fully saturated rings. The number of nitrogens with one attached hydrogen (secondary N) is 1. The van der Waals surface area contributed by atoms with Gasteiger partial charge in [-0.25, -0.2) is 4.98 Å². The van der Waals surface area contributed by atoms with E-state index in [4.69, 9.17) is 10.6 Å². The van der Waals surface area contributed by atoms with Crippen molar-refractivity contribution in [2.24, 2.45) is 0 Å². The first-order chi connectivity index (χ1) is 4.84. The maximum Gasteiger partial charge on any atom is 0.158 e. The second kappa shape index (κ2) is 2.93. The minimum absolute atomic E-state index is 0.345. The van der Waals surface area contributed by atoms with Gasteiger partial charge in [-0.15, -0.1) is 0 Å². The molecule has 0 saturated carbocycles. The van der Waals surface area contributed by atoms with Crippen molar-refractivity contribution in [1.29, 1.82) is 5.41 Å². The summed E-state index contributed by atoms with van der Waals surface area (Å²) in [5, 5.41) is 16.2. The van der Waals surface area contributed by atoms with Crippen LogP contribution in [0.4, 0.5) is 5.82 Å². The summed E-state index contributed by atoms with van der Waals surface area (Å²) in [5.41, 5.74) is 0. The number of nitrogens with zero attached hydrogens (tertiary/aromatic N) is 2. The fourth-order valence-electron chi connectivity index (χ4n) is 0.555. The zero-order valence-corrected chi connectivity index (χ0v) is 5.23. The van der Waals surface area contributed by atoms with Gasteiger partial charge in [0, 0.05) is 6.20 Å². The molecule has 10 heavy (non-hydrogen) atoms. The Morgan fingerprint density at radius 1 is 1.60 bits per heavy atom. The molecule has 2 N–H and O–H groups in total. The fourth-order valence-corrected chi connectivity index (χ4v) is 0.555. The lowest BCUT2D eigenvalue weighted by Gasteiger charge is -2.06. The largest absolute Gasteiger partial charge is 0.289 e. The first kappa shape index (κ1) is 6.70. The van der Waals surface area contributed by atoms with Gasteiger partial charge in [-0.05, 0) is 12.1 Å². The molecule has 52 valence electrons. The quantitative estimate of drug-likeness (QED) is 0.361. The highest BCUT2D eigenvalue weighted by molar-refractivity contribution is 5.71. The molecular formula is C6H7N3O. The molecule has 0 aliphatic heterocycles. The van der Waals surface area contributed by atoms with Crippen LogP contribution >= 0.6 is 0 Å². The van der Waals surface area contributed by atoms with E-state index in [-0.39, 0.29) is 0 Å². The first-order valence-corrected chi connectivity index (χ1v) is 2.74. The molecule has 0 unspecified atom stereocenters. The Bertz CT molecular complexity index is 211. The average Bonchev–Trinajstić information content (AvgIpc) is 2.05. The maximum atomic E-state index is 8.86. The van der Waals surface area contributed by atoms with Crippen molar-refractivity contribution in [3.05, 3.63) is 24.4 Å². The smallest absolute Gasteiger partial charge is 0.158 e. The number of hydroxylamine groups is 1. The number of hydrogen-bond donors (Lipinski definition) is 2. The molecule has 0 aliphatic carbocycles. The molecule has 0 saturated heterocycles. The van der Waals surface area contributed by atoms with Crippen molar-refractivity contribution in [2.45, 2.75) is 0 Å². The predicted molar refractivity (Wildman–Crippen MR) is 37.3 cm³/mol.